The largest absolute Gasteiger partial charge is 0.477 e. The van der Waals surface area contributed by atoms with Crippen LogP contribution in [0.5, 0.6) is 11.9 Å². The number of aromatic nitrogens is 4. The Morgan fingerprint density at radius 2 is 2.12 bits per heavy atom. The summed E-state index contributed by atoms with van der Waals surface area (Å²) in [5.74, 6) is 0.529. The molecule has 0 aliphatic carbocycles. The molecule has 4 rings (SSSR count). The number of fused-ring (bicyclic) bond motifs is 1. The van der Waals surface area contributed by atoms with Gasteiger partial charge in [-0.25, -0.2) is 14.6 Å². The normalized spacial score (nSPS) is 20.2. The Morgan fingerprint density at radius 3 is 3.00 bits per heavy atom. The van der Waals surface area contributed by atoms with E-state index in [-0.39, 0.29) is 12.0 Å². The average Bonchev–Trinajstić information content (AvgIpc) is 3.06. The van der Waals surface area contributed by atoms with E-state index in [1.165, 1.54) is 0 Å². The van der Waals surface area contributed by atoms with Gasteiger partial charge in [-0.1, -0.05) is 0 Å². The van der Waals surface area contributed by atoms with E-state index >= 15 is 0 Å². The maximum atomic E-state index is 12.8. The topological polar surface area (TPSA) is 82.4 Å². The van der Waals surface area contributed by atoms with Gasteiger partial charge in [-0.2, -0.15) is 5.10 Å². The highest BCUT2D eigenvalue weighted by molar-refractivity contribution is 5.96. The predicted molar refractivity (Wildman–Crippen MR) is 83.9 cm³/mol. The van der Waals surface area contributed by atoms with Crippen LogP contribution in [-0.4, -0.2) is 56.4 Å². The molecule has 0 radical (unpaired) electrons. The number of nitrogens with zero attached hydrogens (tertiary/aromatic N) is 5. The van der Waals surface area contributed by atoms with Crippen LogP contribution in [0.25, 0.3) is 0 Å². The molecule has 1 amide bonds. The number of rotatable bonds is 3. The maximum Gasteiger partial charge on any atom is 0.316 e. The first-order valence-corrected chi connectivity index (χ1v) is 8.23. The van der Waals surface area contributed by atoms with Crippen molar-refractivity contribution in [2.75, 3.05) is 19.7 Å². The van der Waals surface area contributed by atoms with Crippen molar-refractivity contribution in [2.45, 2.75) is 31.9 Å². The van der Waals surface area contributed by atoms with Gasteiger partial charge in [-0.3, -0.25) is 4.79 Å². The van der Waals surface area contributed by atoms with E-state index in [0.29, 0.717) is 37.2 Å². The highest BCUT2D eigenvalue weighted by atomic mass is 16.5. The van der Waals surface area contributed by atoms with Crippen LogP contribution >= 0.6 is 0 Å². The molecular weight excluding hydrogens is 310 g/mol. The number of hydrogen-bond donors (Lipinski definition) is 0. The molecule has 2 aromatic heterocycles. The molecule has 0 saturated carbocycles. The Labute approximate surface area is 139 Å². The highest BCUT2D eigenvalue weighted by Crippen LogP contribution is 2.25. The van der Waals surface area contributed by atoms with Crippen LogP contribution < -0.4 is 9.47 Å². The molecule has 1 atom stereocenters. The van der Waals surface area contributed by atoms with Crippen LogP contribution in [0.4, 0.5) is 0 Å². The number of ether oxygens (including phenoxy) is 2. The van der Waals surface area contributed by atoms with Crippen molar-refractivity contribution < 1.29 is 14.3 Å². The van der Waals surface area contributed by atoms with E-state index in [1.54, 1.807) is 34.2 Å². The molecule has 0 aromatic carbocycles. The Bertz CT molecular complexity index is 718. The van der Waals surface area contributed by atoms with E-state index in [0.717, 1.165) is 25.8 Å². The lowest BCUT2D eigenvalue weighted by atomic mass is 10.1. The molecule has 4 heterocycles. The summed E-state index contributed by atoms with van der Waals surface area (Å²) in [6.07, 6.45) is 7.47. The smallest absolute Gasteiger partial charge is 0.316 e. The molecule has 0 bridgehead atoms. The highest BCUT2D eigenvalue weighted by Gasteiger charge is 2.30. The van der Waals surface area contributed by atoms with Crippen molar-refractivity contribution in [2.24, 2.45) is 0 Å². The summed E-state index contributed by atoms with van der Waals surface area (Å²) in [6.45, 7) is 2.64. The van der Waals surface area contributed by atoms with Crippen LogP contribution in [0, 0.1) is 0 Å². The van der Waals surface area contributed by atoms with E-state index in [4.69, 9.17) is 9.47 Å². The van der Waals surface area contributed by atoms with Crippen LogP contribution in [0.1, 0.15) is 29.6 Å². The maximum absolute atomic E-state index is 12.8. The number of carbonyl (C=O) groups is 1. The van der Waals surface area contributed by atoms with Gasteiger partial charge >= 0.3 is 6.01 Å². The number of likely N-dealkylation sites (tertiary alicyclic amines) is 1. The average molecular weight is 329 g/mol. The third kappa shape index (κ3) is 2.91. The second-order valence-electron chi connectivity index (χ2n) is 5.95. The molecule has 1 unspecified atom stereocenters. The van der Waals surface area contributed by atoms with Crippen molar-refractivity contribution in [3.63, 3.8) is 0 Å². The van der Waals surface area contributed by atoms with Crippen LogP contribution in [0.2, 0.25) is 0 Å². The third-order valence-electron chi connectivity index (χ3n) is 4.25. The summed E-state index contributed by atoms with van der Waals surface area (Å²) in [5.41, 5.74) is 0.534. The Morgan fingerprint density at radius 1 is 1.25 bits per heavy atom. The van der Waals surface area contributed by atoms with E-state index in [1.807, 2.05) is 0 Å². The Kier molecular flexibility index (Phi) is 4.02. The minimum Gasteiger partial charge on any atom is -0.477 e. The zero-order valence-electron chi connectivity index (χ0n) is 13.3. The minimum absolute atomic E-state index is 0.0552. The fraction of sp³-hybridized carbons (Fsp3) is 0.500. The zero-order valence-corrected chi connectivity index (χ0v) is 13.3. The lowest BCUT2D eigenvalue weighted by Crippen LogP contribution is -2.44. The minimum atomic E-state index is -0.0996. The fourth-order valence-electron chi connectivity index (χ4n) is 3.10. The van der Waals surface area contributed by atoms with Gasteiger partial charge in [0.1, 0.15) is 11.7 Å². The summed E-state index contributed by atoms with van der Waals surface area (Å²) < 4.78 is 13.2. The van der Waals surface area contributed by atoms with Gasteiger partial charge in [-0.15, -0.1) is 0 Å². The number of piperidine rings is 1. The zero-order chi connectivity index (χ0) is 16.4. The van der Waals surface area contributed by atoms with Crippen molar-refractivity contribution >= 4 is 5.91 Å². The first-order chi connectivity index (χ1) is 11.8. The fourth-order valence-corrected chi connectivity index (χ4v) is 3.10. The molecule has 1 saturated heterocycles. The van der Waals surface area contributed by atoms with E-state index in [2.05, 4.69) is 15.1 Å². The molecule has 2 aliphatic rings. The number of carbonyl (C=O) groups excluding carboxylic acids is 1. The molecular formula is C16H19N5O3. The summed E-state index contributed by atoms with van der Waals surface area (Å²) in [7, 11) is 0. The van der Waals surface area contributed by atoms with Gasteiger partial charge in [0.05, 0.1) is 19.3 Å². The van der Waals surface area contributed by atoms with Crippen molar-refractivity contribution in [1.29, 1.82) is 0 Å². The third-order valence-corrected chi connectivity index (χ3v) is 4.25. The van der Waals surface area contributed by atoms with Crippen molar-refractivity contribution in [3.8, 4) is 11.9 Å². The van der Waals surface area contributed by atoms with Gasteiger partial charge in [0.25, 0.3) is 5.91 Å². The lowest BCUT2D eigenvalue weighted by molar-refractivity contribution is 0.0510. The second kappa shape index (κ2) is 6.46. The summed E-state index contributed by atoms with van der Waals surface area (Å²) >= 11 is 0. The first-order valence-electron chi connectivity index (χ1n) is 8.23. The van der Waals surface area contributed by atoms with Gasteiger partial charge in [0.2, 0.25) is 5.88 Å². The summed E-state index contributed by atoms with van der Waals surface area (Å²) in [4.78, 5) is 22.8. The number of hydrogen-bond acceptors (Lipinski definition) is 6. The lowest BCUT2D eigenvalue weighted by Gasteiger charge is -2.32. The molecule has 1 fully saturated rings. The number of aryl methyl sites for hydroxylation is 1. The predicted octanol–water partition coefficient (Wildman–Crippen LogP) is 1.14. The molecule has 126 valence electrons. The quantitative estimate of drug-likeness (QED) is 0.840. The SMILES string of the molecule is O=C(c1cnn2c1OCCC2)N1CCCC(Oc2ncccn2)C1. The van der Waals surface area contributed by atoms with E-state index in [9.17, 15) is 4.79 Å². The standard InChI is InChI=1S/C16H19N5O3/c22-14(13-10-19-21-8-3-9-23-15(13)21)20-7-1-4-12(11-20)24-16-17-5-2-6-18-16/h2,5-6,10,12H,1,3-4,7-9,11H2. The van der Waals surface area contributed by atoms with Crippen molar-refractivity contribution in [3.05, 3.63) is 30.2 Å². The molecule has 0 spiro atoms. The van der Waals surface area contributed by atoms with Gasteiger partial charge in [0, 0.05) is 31.9 Å². The van der Waals surface area contributed by atoms with Gasteiger partial charge in [0.15, 0.2) is 0 Å². The summed E-state index contributed by atoms with van der Waals surface area (Å²) in [6, 6.07) is 2.09. The molecule has 2 aliphatic heterocycles. The first kappa shape index (κ1) is 14.9. The Hall–Kier alpha value is -2.64. The van der Waals surface area contributed by atoms with Crippen LogP contribution in [-0.2, 0) is 6.54 Å². The second-order valence-corrected chi connectivity index (χ2v) is 5.95. The van der Waals surface area contributed by atoms with Crippen LogP contribution in [0.3, 0.4) is 0 Å². The van der Waals surface area contributed by atoms with Gasteiger partial charge in [-0.05, 0) is 18.9 Å². The van der Waals surface area contributed by atoms with Crippen molar-refractivity contribution in [1.82, 2.24) is 24.6 Å². The van der Waals surface area contributed by atoms with Gasteiger partial charge < -0.3 is 14.4 Å². The van der Waals surface area contributed by atoms with E-state index < -0.39 is 0 Å². The number of amides is 1. The molecule has 24 heavy (non-hydrogen) atoms. The Balaban J connectivity index is 1.46. The molecule has 8 heteroatoms. The molecule has 2 aromatic rings. The summed E-state index contributed by atoms with van der Waals surface area (Å²) in [5, 5.41) is 4.25. The molecule has 8 nitrogen and oxygen atoms in total. The van der Waals surface area contributed by atoms with Crippen LogP contribution in [0.15, 0.2) is 24.7 Å². The molecule has 0 N–H and O–H groups in total. The monoisotopic (exact) mass is 329 g/mol.